The molecule has 4 heteroatoms. The zero-order valence-electron chi connectivity index (χ0n) is 12.5. The summed E-state index contributed by atoms with van der Waals surface area (Å²) >= 11 is 0. The highest BCUT2D eigenvalue weighted by Crippen LogP contribution is 2.21. The molecule has 4 nitrogen and oxygen atoms in total. The van der Waals surface area contributed by atoms with Crippen LogP contribution in [0.1, 0.15) is 32.8 Å². The van der Waals surface area contributed by atoms with Crippen LogP contribution in [-0.2, 0) is 13.6 Å². The minimum atomic E-state index is 0.340. The van der Waals surface area contributed by atoms with Gasteiger partial charge in [0, 0.05) is 38.4 Å². The Morgan fingerprint density at radius 3 is 2.67 bits per heavy atom. The molecule has 1 atom stereocenters. The molecule has 104 valence electrons. The van der Waals surface area contributed by atoms with Crippen molar-refractivity contribution in [3.05, 3.63) is 18.0 Å². The Morgan fingerprint density at radius 1 is 1.44 bits per heavy atom. The smallest absolute Gasteiger partial charge is 0.0534 e. The predicted octanol–water partition coefficient (Wildman–Crippen LogP) is 1.88. The molecule has 0 aromatic carbocycles. The molecule has 0 aliphatic heterocycles. The van der Waals surface area contributed by atoms with Gasteiger partial charge in [-0.2, -0.15) is 5.10 Å². The number of aryl methyl sites for hydroxylation is 1. The van der Waals surface area contributed by atoms with Gasteiger partial charge < -0.3 is 10.2 Å². The van der Waals surface area contributed by atoms with Crippen LogP contribution in [0.4, 0.5) is 0 Å². The maximum atomic E-state index is 4.21. The molecule has 1 N–H and O–H groups in total. The van der Waals surface area contributed by atoms with Crippen LogP contribution >= 0.6 is 0 Å². The second-order valence-corrected chi connectivity index (χ2v) is 5.64. The van der Waals surface area contributed by atoms with Crippen LogP contribution < -0.4 is 5.32 Å². The second kappa shape index (κ2) is 6.90. The number of nitrogens with zero attached hydrogens (tertiary/aromatic N) is 3. The number of aromatic nitrogens is 2. The molecule has 0 saturated carbocycles. The molecule has 1 aromatic rings. The van der Waals surface area contributed by atoms with Gasteiger partial charge in [0.25, 0.3) is 0 Å². The maximum Gasteiger partial charge on any atom is 0.0534 e. The van der Waals surface area contributed by atoms with Crippen LogP contribution in [0.2, 0.25) is 0 Å². The zero-order chi connectivity index (χ0) is 13.6. The molecular formula is C14H28N4. The third-order valence-electron chi connectivity index (χ3n) is 3.52. The summed E-state index contributed by atoms with van der Waals surface area (Å²) in [6, 6.07) is 0. The van der Waals surface area contributed by atoms with Crippen molar-refractivity contribution in [1.29, 1.82) is 0 Å². The van der Waals surface area contributed by atoms with Crippen molar-refractivity contribution in [3.8, 4) is 0 Å². The van der Waals surface area contributed by atoms with Crippen LogP contribution in [0.5, 0.6) is 0 Å². The summed E-state index contributed by atoms with van der Waals surface area (Å²) < 4.78 is 1.86. The van der Waals surface area contributed by atoms with E-state index in [0.29, 0.717) is 5.41 Å². The molecule has 0 saturated heterocycles. The van der Waals surface area contributed by atoms with E-state index in [4.69, 9.17) is 0 Å². The Kier molecular flexibility index (Phi) is 5.82. The molecule has 1 rings (SSSR count). The summed E-state index contributed by atoms with van der Waals surface area (Å²) in [7, 11) is 4.15. The van der Waals surface area contributed by atoms with Gasteiger partial charge >= 0.3 is 0 Å². The summed E-state index contributed by atoms with van der Waals surface area (Å²) in [6.07, 6.45) is 5.23. The molecule has 1 heterocycles. The standard InChI is InChI=1S/C14H28N4/c1-6-14(3,11-15-7-2)12-17(4)9-13-8-16-18(5)10-13/h8,10,15H,6-7,9,11-12H2,1-5H3. The van der Waals surface area contributed by atoms with E-state index >= 15 is 0 Å². The van der Waals surface area contributed by atoms with Gasteiger partial charge in [0.1, 0.15) is 0 Å². The van der Waals surface area contributed by atoms with Crippen molar-refractivity contribution in [2.24, 2.45) is 12.5 Å². The van der Waals surface area contributed by atoms with Crippen LogP contribution in [0.3, 0.4) is 0 Å². The predicted molar refractivity (Wildman–Crippen MR) is 76.5 cm³/mol. The van der Waals surface area contributed by atoms with Crippen LogP contribution in [0.15, 0.2) is 12.4 Å². The Hall–Kier alpha value is -0.870. The normalized spacial score (nSPS) is 15.0. The minimum absolute atomic E-state index is 0.340. The molecule has 1 unspecified atom stereocenters. The molecular weight excluding hydrogens is 224 g/mol. The lowest BCUT2D eigenvalue weighted by Crippen LogP contribution is -2.40. The first-order valence-electron chi connectivity index (χ1n) is 6.86. The van der Waals surface area contributed by atoms with Crippen molar-refractivity contribution < 1.29 is 0 Å². The van der Waals surface area contributed by atoms with Gasteiger partial charge in [-0.05, 0) is 25.4 Å². The summed E-state index contributed by atoms with van der Waals surface area (Å²) in [5.74, 6) is 0. The summed E-state index contributed by atoms with van der Waals surface area (Å²) in [4.78, 5) is 2.39. The molecule has 1 aromatic heterocycles. The van der Waals surface area contributed by atoms with Gasteiger partial charge in [-0.3, -0.25) is 4.68 Å². The highest BCUT2D eigenvalue weighted by Gasteiger charge is 2.23. The van der Waals surface area contributed by atoms with Crippen molar-refractivity contribution in [3.63, 3.8) is 0 Å². The minimum Gasteiger partial charge on any atom is -0.316 e. The van der Waals surface area contributed by atoms with Crippen LogP contribution in [0.25, 0.3) is 0 Å². The van der Waals surface area contributed by atoms with E-state index in [1.165, 1.54) is 12.0 Å². The van der Waals surface area contributed by atoms with Crippen LogP contribution in [-0.4, -0.2) is 41.4 Å². The zero-order valence-corrected chi connectivity index (χ0v) is 12.5. The average molecular weight is 252 g/mol. The van der Waals surface area contributed by atoms with E-state index in [9.17, 15) is 0 Å². The first-order valence-corrected chi connectivity index (χ1v) is 6.86. The number of nitrogens with one attached hydrogen (secondary N) is 1. The molecule has 0 spiro atoms. The van der Waals surface area contributed by atoms with Gasteiger partial charge in [0.15, 0.2) is 0 Å². The second-order valence-electron chi connectivity index (χ2n) is 5.64. The molecule has 0 radical (unpaired) electrons. The Labute approximate surface area is 111 Å². The highest BCUT2D eigenvalue weighted by atomic mass is 15.2. The van der Waals surface area contributed by atoms with Gasteiger partial charge in [-0.25, -0.2) is 0 Å². The van der Waals surface area contributed by atoms with E-state index in [1.807, 2.05) is 17.9 Å². The third-order valence-corrected chi connectivity index (χ3v) is 3.52. The molecule has 0 bridgehead atoms. The number of rotatable bonds is 8. The molecule has 0 aliphatic rings. The van der Waals surface area contributed by atoms with Gasteiger partial charge in [0.2, 0.25) is 0 Å². The van der Waals surface area contributed by atoms with E-state index in [0.717, 1.165) is 26.2 Å². The Bertz CT molecular complexity index is 347. The monoisotopic (exact) mass is 252 g/mol. The lowest BCUT2D eigenvalue weighted by atomic mass is 9.86. The molecule has 0 amide bonds. The Morgan fingerprint density at radius 2 is 2.17 bits per heavy atom. The third kappa shape index (κ3) is 4.78. The maximum absolute atomic E-state index is 4.21. The van der Waals surface area contributed by atoms with E-state index < -0.39 is 0 Å². The van der Waals surface area contributed by atoms with Gasteiger partial charge in [-0.1, -0.05) is 20.8 Å². The van der Waals surface area contributed by atoms with Crippen molar-refractivity contribution >= 4 is 0 Å². The lowest BCUT2D eigenvalue weighted by Gasteiger charge is -2.33. The van der Waals surface area contributed by atoms with Gasteiger partial charge in [-0.15, -0.1) is 0 Å². The fraction of sp³-hybridized carbons (Fsp3) is 0.786. The first-order chi connectivity index (χ1) is 8.49. The summed E-state index contributed by atoms with van der Waals surface area (Å²) in [5.41, 5.74) is 1.62. The fourth-order valence-corrected chi connectivity index (χ4v) is 2.29. The van der Waals surface area contributed by atoms with Gasteiger partial charge in [0.05, 0.1) is 6.20 Å². The molecule has 0 aliphatic carbocycles. The fourth-order valence-electron chi connectivity index (χ4n) is 2.29. The van der Waals surface area contributed by atoms with Crippen LogP contribution in [0, 0.1) is 5.41 Å². The SMILES string of the molecule is CCNCC(C)(CC)CN(C)Cc1cnn(C)c1. The molecule has 0 fully saturated rings. The highest BCUT2D eigenvalue weighted by molar-refractivity contribution is 5.03. The van der Waals surface area contributed by atoms with E-state index in [2.05, 4.69) is 49.3 Å². The average Bonchev–Trinajstić information content (AvgIpc) is 2.72. The first kappa shape index (κ1) is 15.2. The number of hydrogen-bond donors (Lipinski definition) is 1. The van der Waals surface area contributed by atoms with Crippen molar-refractivity contribution in [1.82, 2.24) is 20.0 Å². The van der Waals surface area contributed by atoms with Crippen molar-refractivity contribution in [2.45, 2.75) is 33.7 Å². The number of hydrogen-bond acceptors (Lipinski definition) is 3. The lowest BCUT2D eigenvalue weighted by molar-refractivity contribution is 0.176. The molecule has 18 heavy (non-hydrogen) atoms. The van der Waals surface area contributed by atoms with E-state index in [-0.39, 0.29) is 0 Å². The topological polar surface area (TPSA) is 33.1 Å². The van der Waals surface area contributed by atoms with E-state index in [1.54, 1.807) is 0 Å². The Balaban J connectivity index is 2.48. The summed E-state index contributed by atoms with van der Waals surface area (Å²) in [6.45, 7) is 11.0. The quantitative estimate of drug-likeness (QED) is 0.767. The van der Waals surface area contributed by atoms with Crippen molar-refractivity contribution in [2.75, 3.05) is 26.7 Å². The summed E-state index contributed by atoms with van der Waals surface area (Å²) in [5, 5.41) is 7.68. The largest absolute Gasteiger partial charge is 0.316 e.